The van der Waals surface area contributed by atoms with Gasteiger partial charge < -0.3 is 5.32 Å². The summed E-state index contributed by atoms with van der Waals surface area (Å²) in [6.07, 6.45) is 0. The summed E-state index contributed by atoms with van der Waals surface area (Å²) in [5, 5.41) is 5.26. The predicted molar refractivity (Wildman–Crippen MR) is 82.8 cm³/mol. The molecule has 96 valence electrons. The van der Waals surface area contributed by atoms with Crippen LogP contribution in [0, 0.1) is 13.8 Å². The first-order valence-electron chi connectivity index (χ1n) is 5.63. The topological polar surface area (TPSA) is 24.9 Å². The quantitative estimate of drug-likeness (QED) is 0.811. The first-order valence-corrected chi connectivity index (χ1v) is 7.61. The van der Waals surface area contributed by atoms with Crippen molar-refractivity contribution in [2.24, 2.45) is 0 Å². The fourth-order valence-corrected chi connectivity index (χ4v) is 3.21. The number of benzene rings is 1. The number of nitrogens with one attached hydrogen (secondary N) is 1. The van der Waals surface area contributed by atoms with Gasteiger partial charge in [-0.25, -0.2) is 4.98 Å². The predicted octanol–water partition coefficient (Wildman–Crippen LogP) is 5.35. The number of aryl methyl sites for hydroxylation is 2. The number of thiazole rings is 1. The van der Waals surface area contributed by atoms with Crippen molar-refractivity contribution >= 4 is 44.6 Å². The van der Waals surface area contributed by atoms with Crippen LogP contribution in [0.4, 0.5) is 5.69 Å². The van der Waals surface area contributed by atoms with Gasteiger partial charge >= 0.3 is 0 Å². The van der Waals surface area contributed by atoms with Crippen molar-refractivity contribution in [3.63, 3.8) is 0 Å². The van der Waals surface area contributed by atoms with Crippen molar-refractivity contribution in [1.29, 1.82) is 0 Å². The van der Waals surface area contributed by atoms with Gasteiger partial charge in [0.1, 0.15) is 0 Å². The first-order chi connectivity index (χ1) is 8.47. The maximum absolute atomic E-state index is 6.08. The Kier molecular flexibility index (Phi) is 4.30. The molecule has 2 rings (SSSR count). The van der Waals surface area contributed by atoms with Gasteiger partial charge in [-0.05, 0) is 54.9 Å². The zero-order valence-corrected chi connectivity index (χ0v) is 13.6. The summed E-state index contributed by atoms with van der Waals surface area (Å²) < 4.78 is 0.909. The van der Waals surface area contributed by atoms with E-state index in [-0.39, 0.29) is 6.04 Å². The van der Waals surface area contributed by atoms with Crippen molar-refractivity contribution in [2.45, 2.75) is 26.8 Å². The number of halogens is 2. The molecular weight excluding hydrogens is 332 g/mol. The monoisotopic (exact) mass is 344 g/mol. The van der Waals surface area contributed by atoms with Gasteiger partial charge in [-0.15, -0.1) is 11.3 Å². The molecule has 0 fully saturated rings. The van der Waals surface area contributed by atoms with E-state index in [0.29, 0.717) is 5.02 Å². The third-order valence-corrected chi connectivity index (χ3v) is 5.12. The van der Waals surface area contributed by atoms with Gasteiger partial charge in [0.2, 0.25) is 0 Å². The number of hydrogen-bond acceptors (Lipinski definition) is 3. The van der Waals surface area contributed by atoms with Crippen molar-refractivity contribution in [3.05, 3.63) is 43.3 Å². The molecule has 0 amide bonds. The van der Waals surface area contributed by atoms with Crippen LogP contribution in [0.15, 0.2) is 22.7 Å². The van der Waals surface area contributed by atoms with E-state index in [2.05, 4.69) is 33.2 Å². The van der Waals surface area contributed by atoms with Gasteiger partial charge in [-0.1, -0.05) is 11.6 Å². The Balaban J connectivity index is 2.18. The van der Waals surface area contributed by atoms with Crippen LogP contribution in [-0.2, 0) is 0 Å². The highest BCUT2D eigenvalue weighted by molar-refractivity contribution is 9.10. The number of aromatic nitrogens is 1. The molecule has 1 atom stereocenters. The van der Waals surface area contributed by atoms with Gasteiger partial charge in [0, 0.05) is 15.0 Å². The second kappa shape index (κ2) is 5.59. The summed E-state index contributed by atoms with van der Waals surface area (Å²) in [7, 11) is 0. The van der Waals surface area contributed by atoms with Gasteiger partial charge in [-0.3, -0.25) is 0 Å². The molecule has 5 heteroatoms. The normalized spacial score (nSPS) is 12.5. The maximum atomic E-state index is 6.08. The van der Waals surface area contributed by atoms with Crippen molar-refractivity contribution < 1.29 is 0 Å². The Morgan fingerprint density at radius 3 is 2.67 bits per heavy atom. The van der Waals surface area contributed by atoms with E-state index >= 15 is 0 Å². The van der Waals surface area contributed by atoms with Crippen LogP contribution in [0.3, 0.4) is 0 Å². The second-order valence-corrected chi connectivity index (χ2v) is 6.67. The minimum atomic E-state index is 0.230. The van der Waals surface area contributed by atoms with Gasteiger partial charge in [0.25, 0.3) is 0 Å². The van der Waals surface area contributed by atoms with E-state index in [4.69, 9.17) is 11.6 Å². The molecule has 0 bridgehead atoms. The molecule has 1 N–H and O–H groups in total. The lowest BCUT2D eigenvalue weighted by molar-refractivity contribution is 0.890. The fraction of sp³-hybridized carbons (Fsp3) is 0.308. The Bertz CT molecular complexity index is 568. The third kappa shape index (κ3) is 3.05. The molecule has 1 aromatic carbocycles. The van der Waals surface area contributed by atoms with Gasteiger partial charge in [-0.2, -0.15) is 0 Å². The van der Waals surface area contributed by atoms with E-state index in [1.165, 1.54) is 4.88 Å². The zero-order chi connectivity index (χ0) is 13.3. The standard InChI is InChI=1S/C13H14BrClN2S/c1-7-13(18-9(3)16-7)8(2)17-10-4-5-11(14)12(15)6-10/h4-6,8,17H,1-3H3. The molecule has 0 spiro atoms. The van der Waals surface area contributed by atoms with Crippen molar-refractivity contribution in [3.8, 4) is 0 Å². The highest BCUT2D eigenvalue weighted by Gasteiger charge is 2.13. The van der Waals surface area contributed by atoms with Crippen LogP contribution in [-0.4, -0.2) is 4.98 Å². The zero-order valence-electron chi connectivity index (χ0n) is 10.4. The average Bonchev–Trinajstić information content (AvgIpc) is 2.63. The first kappa shape index (κ1) is 13.8. The van der Waals surface area contributed by atoms with Crippen molar-refractivity contribution in [1.82, 2.24) is 4.98 Å². The minimum Gasteiger partial charge on any atom is -0.378 e. The van der Waals surface area contributed by atoms with Crippen LogP contribution in [0.5, 0.6) is 0 Å². The number of nitrogens with zero attached hydrogens (tertiary/aromatic N) is 1. The van der Waals surface area contributed by atoms with E-state index in [1.54, 1.807) is 11.3 Å². The average molecular weight is 346 g/mol. The summed E-state index contributed by atoms with van der Waals surface area (Å²) in [6, 6.07) is 6.11. The molecule has 2 aromatic rings. The fourth-order valence-electron chi connectivity index (χ4n) is 1.85. The molecule has 0 aliphatic heterocycles. The maximum Gasteiger partial charge on any atom is 0.0900 e. The summed E-state index contributed by atoms with van der Waals surface area (Å²) in [5.74, 6) is 0. The second-order valence-electron chi connectivity index (χ2n) is 4.18. The largest absolute Gasteiger partial charge is 0.378 e. The summed E-state index contributed by atoms with van der Waals surface area (Å²) >= 11 is 11.2. The van der Waals surface area contributed by atoms with Gasteiger partial charge in [0.05, 0.1) is 21.8 Å². The van der Waals surface area contributed by atoms with E-state index in [1.807, 2.05) is 32.0 Å². The van der Waals surface area contributed by atoms with Crippen LogP contribution in [0.2, 0.25) is 5.02 Å². The summed E-state index contributed by atoms with van der Waals surface area (Å²) in [6.45, 7) is 6.21. The lowest BCUT2D eigenvalue weighted by atomic mass is 10.2. The molecule has 1 unspecified atom stereocenters. The Morgan fingerprint density at radius 1 is 1.39 bits per heavy atom. The number of anilines is 1. The van der Waals surface area contributed by atoms with E-state index in [0.717, 1.165) is 20.9 Å². The Hall–Kier alpha value is -0.580. The molecule has 2 nitrogen and oxygen atoms in total. The SMILES string of the molecule is Cc1nc(C)c(C(C)Nc2ccc(Br)c(Cl)c2)s1. The van der Waals surface area contributed by atoms with Crippen LogP contribution >= 0.6 is 38.9 Å². The smallest absolute Gasteiger partial charge is 0.0900 e. The highest BCUT2D eigenvalue weighted by atomic mass is 79.9. The molecule has 1 heterocycles. The summed E-state index contributed by atoms with van der Waals surface area (Å²) in [5.41, 5.74) is 2.11. The lowest BCUT2D eigenvalue weighted by Crippen LogP contribution is -2.06. The van der Waals surface area contributed by atoms with E-state index < -0.39 is 0 Å². The third-order valence-electron chi connectivity index (χ3n) is 2.64. The molecule has 18 heavy (non-hydrogen) atoms. The molecule has 1 aromatic heterocycles. The lowest BCUT2D eigenvalue weighted by Gasteiger charge is -2.14. The molecule has 0 saturated heterocycles. The molecule has 0 aliphatic carbocycles. The van der Waals surface area contributed by atoms with Gasteiger partial charge in [0.15, 0.2) is 0 Å². The molecule has 0 aliphatic rings. The number of rotatable bonds is 3. The van der Waals surface area contributed by atoms with E-state index in [9.17, 15) is 0 Å². The highest BCUT2D eigenvalue weighted by Crippen LogP contribution is 2.30. The summed E-state index contributed by atoms with van der Waals surface area (Å²) in [4.78, 5) is 5.72. The van der Waals surface area contributed by atoms with Crippen LogP contribution < -0.4 is 5.32 Å². The molecule has 0 radical (unpaired) electrons. The van der Waals surface area contributed by atoms with Crippen LogP contribution in [0.25, 0.3) is 0 Å². The minimum absolute atomic E-state index is 0.230. The molecular formula is C13H14BrClN2S. The molecule has 0 saturated carbocycles. The Labute approximate surface area is 125 Å². The Morgan fingerprint density at radius 2 is 2.11 bits per heavy atom. The van der Waals surface area contributed by atoms with Crippen molar-refractivity contribution in [2.75, 3.05) is 5.32 Å². The van der Waals surface area contributed by atoms with Crippen LogP contribution in [0.1, 0.15) is 28.5 Å². The number of hydrogen-bond donors (Lipinski definition) is 1.